The Morgan fingerprint density at radius 2 is 2.18 bits per heavy atom. The zero-order valence-corrected chi connectivity index (χ0v) is 10.9. The molecule has 0 radical (unpaired) electrons. The Kier molecular flexibility index (Phi) is 3.40. The molecule has 4 nitrogen and oxygen atoms in total. The molecule has 1 heterocycles. The monoisotopic (exact) mass is 267 g/mol. The molecule has 0 aliphatic heterocycles. The third-order valence-corrected chi connectivity index (χ3v) is 3.28. The fourth-order valence-corrected chi connectivity index (χ4v) is 2.19. The normalized spacial score (nSPS) is 10.3. The van der Waals surface area contributed by atoms with E-state index in [0.29, 0.717) is 5.01 Å². The maximum atomic E-state index is 12.0. The summed E-state index contributed by atoms with van der Waals surface area (Å²) in [6.45, 7) is 1.98. The van der Waals surface area contributed by atoms with Crippen LogP contribution in [0.15, 0.2) is 24.3 Å². The van der Waals surface area contributed by atoms with Crippen LogP contribution in [-0.4, -0.2) is 23.2 Å². The van der Waals surface area contributed by atoms with E-state index in [4.69, 9.17) is 11.6 Å². The SMILES string of the molecule is Cc1cccc(N(C)C(=O)c2nnc(Cl)s2)c1. The predicted molar refractivity (Wildman–Crippen MR) is 68.8 cm³/mol. The number of amides is 1. The summed E-state index contributed by atoms with van der Waals surface area (Å²) in [4.78, 5) is 13.6. The number of aryl methyl sites for hydroxylation is 1. The van der Waals surface area contributed by atoms with E-state index in [2.05, 4.69) is 10.2 Å². The van der Waals surface area contributed by atoms with Crippen molar-refractivity contribution in [3.05, 3.63) is 39.3 Å². The lowest BCUT2D eigenvalue weighted by Gasteiger charge is -2.15. The van der Waals surface area contributed by atoms with Gasteiger partial charge < -0.3 is 4.90 Å². The van der Waals surface area contributed by atoms with Gasteiger partial charge in [-0.3, -0.25) is 4.79 Å². The number of anilines is 1. The van der Waals surface area contributed by atoms with Crippen LogP contribution in [0.4, 0.5) is 5.69 Å². The zero-order chi connectivity index (χ0) is 12.4. The van der Waals surface area contributed by atoms with Crippen molar-refractivity contribution < 1.29 is 4.79 Å². The molecule has 2 aromatic rings. The van der Waals surface area contributed by atoms with E-state index in [9.17, 15) is 4.79 Å². The zero-order valence-electron chi connectivity index (χ0n) is 9.35. The number of nitrogens with zero attached hydrogens (tertiary/aromatic N) is 3. The summed E-state index contributed by atoms with van der Waals surface area (Å²) in [5, 5.41) is 7.64. The number of hydrogen-bond acceptors (Lipinski definition) is 4. The summed E-state index contributed by atoms with van der Waals surface area (Å²) in [7, 11) is 1.70. The topological polar surface area (TPSA) is 46.1 Å². The van der Waals surface area contributed by atoms with Crippen LogP contribution >= 0.6 is 22.9 Å². The lowest BCUT2D eigenvalue weighted by atomic mass is 10.2. The second-order valence-corrected chi connectivity index (χ2v) is 5.12. The van der Waals surface area contributed by atoms with Gasteiger partial charge in [0.1, 0.15) is 0 Å². The van der Waals surface area contributed by atoms with Crippen molar-refractivity contribution in [1.29, 1.82) is 0 Å². The molecule has 0 saturated heterocycles. The third-order valence-electron chi connectivity index (χ3n) is 2.28. The Balaban J connectivity index is 2.26. The first-order valence-electron chi connectivity index (χ1n) is 4.91. The Morgan fingerprint density at radius 3 is 2.76 bits per heavy atom. The predicted octanol–water partition coefficient (Wildman–Crippen LogP) is 2.78. The Morgan fingerprint density at radius 1 is 1.41 bits per heavy atom. The van der Waals surface area contributed by atoms with Crippen LogP contribution in [0.25, 0.3) is 0 Å². The standard InChI is InChI=1S/C11H10ClN3OS/c1-7-4-3-5-8(6-7)15(2)10(16)9-13-14-11(12)17-9/h3-6H,1-2H3. The smallest absolute Gasteiger partial charge is 0.289 e. The molecule has 88 valence electrons. The summed E-state index contributed by atoms with van der Waals surface area (Å²) >= 11 is 6.73. The van der Waals surface area contributed by atoms with Crippen molar-refractivity contribution in [2.45, 2.75) is 6.92 Å². The first kappa shape index (κ1) is 12.0. The minimum atomic E-state index is -0.208. The van der Waals surface area contributed by atoms with Gasteiger partial charge in [0.05, 0.1) is 0 Å². The number of halogens is 1. The Bertz CT molecular complexity index is 555. The van der Waals surface area contributed by atoms with Gasteiger partial charge in [-0.25, -0.2) is 0 Å². The first-order valence-corrected chi connectivity index (χ1v) is 6.11. The maximum absolute atomic E-state index is 12.0. The van der Waals surface area contributed by atoms with Crippen LogP contribution in [0.5, 0.6) is 0 Å². The highest BCUT2D eigenvalue weighted by molar-refractivity contribution is 7.17. The molecule has 0 atom stereocenters. The second-order valence-electron chi connectivity index (χ2n) is 3.56. The molecule has 0 aliphatic carbocycles. The summed E-state index contributed by atoms with van der Waals surface area (Å²) in [6, 6.07) is 7.68. The molecular formula is C11H10ClN3OS. The molecule has 1 aromatic heterocycles. The lowest BCUT2D eigenvalue weighted by Crippen LogP contribution is -2.26. The van der Waals surface area contributed by atoms with E-state index in [-0.39, 0.29) is 10.4 Å². The summed E-state index contributed by atoms with van der Waals surface area (Å²) in [5.41, 5.74) is 1.92. The van der Waals surface area contributed by atoms with E-state index >= 15 is 0 Å². The highest BCUT2D eigenvalue weighted by atomic mass is 35.5. The molecule has 17 heavy (non-hydrogen) atoms. The average molecular weight is 268 g/mol. The lowest BCUT2D eigenvalue weighted by molar-refractivity contribution is 0.0992. The van der Waals surface area contributed by atoms with E-state index in [1.807, 2.05) is 31.2 Å². The van der Waals surface area contributed by atoms with Crippen molar-refractivity contribution >= 4 is 34.5 Å². The molecule has 1 amide bonds. The fourth-order valence-electron chi connectivity index (χ4n) is 1.39. The molecule has 0 saturated carbocycles. The second kappa shape index (κ2) is 4.81. The number of hydrogen-bond donors (Lipinski definition) is 0. The van der Waals surface area contributed by atoms with Crippen LogP contribution in [0.1, 0.15) is 15.4 Å². The Labute approximate surface area is 108 Å². The molecule has 2 rings (SSSR count). The molecule has 0 N–H and O–H groups in total. The van der Waals surface area contributed by atoms with E-state index in [1.54, 1.807) is 7.05 Å². The van der Waals surface area contributed by atoms with Gasteiger partial charge in [0.2, 0.25) is 9.47 Å². The molecule has 0 unspecified atom stereocenters. The fraction of sp³-hybridized carbons (Fsp3) is 0.182. The summed E-state index contributed by atoms with van der Waals surface area (Å²) in [5.74, 6) is -0.208. The van der Waals surface area contributed by atoms with E-state index in [0.717, 1.165) is 22.6 Å². The van der Waals surface area contributed by atoms with Gasteiger partial charge in [-0.15, -0.1) is 10.2 Å². The van der Waals surface area contributed by atoms with E-state index < -0.39 is 0 Å². The first-order chi connectivity index (χ1) is 8.08. The van der Waals surface area contributed by atoms with Crippen molar-refractivity contribution in [2.24, 2.45) is 0 Å². The highest BCUT2D eigenvalue weighted by Crippen LogP contribution is 2.20. The molecule has 6 heteroatoms. The van der Waals surface area contributed by atoms with Crippen LogP contribution in [0.2, 0.25) is 4.47 Å². The third kappa shape index (κ3) is 2.62. The quantitative estimate of drug-likeness (QED) is 0.841. The highest BCUT2D eigenvalue weighted by Gasteiger charge is 2.17. The number of carbonyl (C=O) groups is 1. The van der Waals surface area contributed by atoms with Crippen molar-refractivity contribution in [3.63, 3.8) is 0 Å². The number of carbonyl (C=O) groups excluding carboxylic acids is 1. The number of rotatable bonds is 2. The molecule has 0 bridgehead atoms. The number of aromatic nitrogens is 2. The summed E-state index contributed by atoms with van der Waals surface area (Å²) < 4.78 is 0.269. The summed E-state index contributed by atoms with van der Waals surface area (Å²) in [6.07, 6.45) is 0. The molecular weight excluding hydrogens is 258 g/mol. The van der Waals surface area contributed by atoms with Crippen molar-refractivity contribution in [2.75, 3.05) is 11.9 Å². The van der Waals surface area contributed by atoms with Crippen LogP contribution < -0.4 is 4.90 Å². The molecule has 1 aromatic carbocycles. The Hall–Kier alpha value is -1.46. The largest absolute Gasteiger partial charge is 0.309 e. The maximum Gasteiger partial charge on any atom is 0.289 e. The van der Waals surface area contributed by atoms with Crippen LogP contribution in [0, 0.1) is 6.92 Å². The van der Waals surface area contributed by atoms with Gasteiger partial charge in [-0.2, -0.15) is 0 Å². The van der Waals surface area contributed by atoms with Gasteiger partial charge in [0.15, 0.2) is 0 Å². The van der Waals surface area contributed by atoms with Crippen LogP contribution in [0.3, 0.4) is 0 Å². The molecule has 0 spiro atoms. The van der Waals surface area contributed by atoms with Gasteiger partial charge in [-0.1, -0.05) is 23.5 Å². The van der Waals surface area contributed by atoms with Gasteiger partial charge >= 0.3 is 0 Å². The number of benzene rings is 1. The van der Waals surface area contributed by atoms with Crippen molar-refractivity contribution in [3.8, 4) is 0 Å². The van der Waals surface area contributed by atoms with Crippen LogP contribution in [-0.2, 0) is 0 Å². The van der Waals surface area contributed by atoms with Crippen molar-refractivity contribution in [1.82, 2.24) is 10.2 Å². The van der Waals surface area contributed by atoms with Gasteiger partial charge in [-0.05, 0) is 36.2 Å². The average Bonchev–Trinajstić information content (AvgIpc) is 2.74. The molecule has 0 aliphatic rings. The minimum absolute atomic E-state index is 0.208. The van der Waals surface area contributed by atoms with E-state index in [1.165, 1.54) is 4.90 Å². The molecule has 0 fully saturated rings. The van der Waals surface area contributed by atoms with Gasteiger partial charge in [0.25, 0.3) is 5.91 Å². The van der Waals surface area contributed by atoms with Gasteiger partial charge in [0, 0.05) is 12.7 Å². The minimum Gasteiger partial charge on any atom is -0.309 e.